The topological polar surface area (TPSA) is 38.9 Å². The molecular weight excluding hydrogens is 224 g/mol. The molecule has 0 aliphatic carbocycles. The van der Waals surface area contributed by atoms with Gasteiger partial charge in [-0.2, -0.15) is 11.8 Å². The Kier molecular flexibility index (Phi) is 5.09. The summed E-state index contributed by atoms with van der Waals surface area (Å²) in [7, 11) is 0. The molecule has 0 amide bonds. The molecule has 0 bridgehead atoms. The lowest BCUT2D eigenvalue weighted by Crippen LogP contribution is -1.99. The normalized spacial score (nSPS) is 11.7. The van der Waals surface area contributed by atoms with E-state index in [9.17, 15) is 0 Å². The molecule has 15 heavy (non-hydrogen) atoms. The quantitative estimate of drug-likeness (QED) is 0.863. The highest BCUT2D eigenvalue weighted by Gasteiger charge is 2.13. The molecule has 1 rings (SSSR count). The largest absolute Gasteiger partial charge is 0.326 e. The van der Waals surface area contributed by atoms with Gasteiger partial charge in [0.25, 0.3) is 0 Å². The highest BCUT2D eigenvalue weighted by atomic mass is 32.2. The average molecular weight is 244 g/mol. The fourth-order valence-electron chi connectivity index (χ4n) is 1.31. The van der Waals surface area contributed by atoms with Crippen LogP contribution in [0.25, 0.3) is 0 Å². The number of aromatic nitrogens is 1. The van der Waals surface area contributed by atoms with Crippen molar-refractivity contribution < 1.29 is 0 Å². The van der Waals surface area contributed by atoms with E-state index in [1.807, 2.05) is 11.8 Å². The van der Waals surface area contributed by atoms with Crippen molar-refractivity contribution in [3.63, 3.8) is 0 Å². The number of hydrogen-bond donors (Lipinski definition) is 1. The van der Waals surface area contributed by atoms with Gasteiger partial charge in [0.15, 0.2) is 0 Å². The molecule has 0 fully saturated rings. The Hall–Kier alpha value is -0.0600. The lowest BCUT2D eigenvalue weighted by Gasteiger charge is -2.02. The smallest absolute Gasteiger partial charge is 0.103 e. The predicted molar refractivity (Wildman–Crippen MR) is 70.5 cm³/mol. The van der Waals surface area contributed by atoms with E-state index in [1.54, 1.807) is 11.3 Å². The molecule has 2 nitrogen and oxygen atoms in total. The third-order valence-electron chi connectivity index (χ3n) is 2.04. The monoisotopic (exact) mass is 244 g/mol. The fourth-order valence-corrected chi connectivity index (χ4v) is 3.19. The predicted octanol–water partition coefficient (Wildman–Crippen LogP) is 3.37. The standard InChI is InChI=1S/C11H20N2S2/c1-7(2)11-9(5-12)15-10(13-11)6-14-8(3)4/h7-8H,5-6,12H2,1-4H3. The van der Waals surface area contributed by atoms with Gasteiger partial charge in [0.1, 0.15) is 5.01 Å². The summed E-state index contributed by atoms with van der Waals surface area (Å²) in [5.74, 6) is 1.50. The Morgan fingerprint density at radius 1 is 1.33 bits per heavy atom. The molecule has 1 aromatic rings. The van der Waals surface area contributed by atoms with Crippen molar-refractivity contribution in [1.29, 1.82) is 0 Å². The molecule has 1 heterocycles. The number of hydrogen-bond acceptors (Lipinski definition) is 4. The number of rotatable bonds is 5. The molecule has 0 aromatic carbocycles. The molecular formula is C11H20N2S2. The molecule has 0 atom stereocenters. The maximum atomic E-state index is 5.72. The van der Waals surface area contributed by atoms with Crippen LogP contribution < -0.4 is 5.73 Å². The second kappa shape index (κ2) is 5.87. The van der Waals surface area contributed by atoms with Crippen molar-refractivity contribution in [2.75, 3.05) is 0 Å². The second-order valence-corrected chi connectivity index (χ2v) is 6.87. The molecule has 0 aliphatic heterocycles. The SMILES string of the molecule is CC(C)SCc1nc(C(C)C)c(CN)s1. The minimum Gasteiger partial charge on any atom is -0.326 e. The third-order valence-corrected chi connectivity index (χ3v) is 4.43. The molecule has 0 saturated carbocycles. The first kappa shape index (κ1) is 13.0. The molecule has 4 heteroatoms. The second-order valence-electron chi connectivity index (χ2n) is 4.13. The molecule has 0 spiro atoms. The maximum absolute atomic E-state index is 5.72. The van der Waals surface area contributed by atoms with E-state index in [4.69, 9.17) is 5.73 Å². The first-order valence-corrected chi connectivity index (χ1v) is 7.21. The van der Waals surface area contributed by atoms with Crippen LogP contribution in [0.4, 0.5) is 0 Å². The summed E-state index contributed by atoms with van der Waals surface area (Å²) in [5, 5.41) is 1.88. The fraction of sp³-hybridized carbons (Fsp3) is 0.727. The van der Waals surface area contributed by atoms with Crippen LogP contribution in [0.15, 0.2) is 0 Å². The minimum atomic E-state index is 0.484. The summed E-state index contributed by atoms with van der Waals surface area (Å²) in [5.41, 5.74) is 6.92. The van der Waals surface area contributed by atoms with Gasteiger partial charge in [-0.3, -0.25) is 0 Å². The van der Waals surface area contributed by atoms with E-state index in [0.717, 1.165) is 5.75 Å². The van der Waals surface area contributed by atoms with Crippen molar-refractivity contribution in [3.05, 3.63) is 15.6 Å². The highest BCUT2D eigenvalue weighted by molar-refractivity contribution is 7.99. The molecule has 2 N–H and O–H groups in total. The third kappa shape index (κ3) is 3.78. The van der Waals surface area contributed by atoms with E-state index >= 15 is 0 Å². The minimum absolute atomic E-state index is 0.484. The Balaban J connectivity index is 2.74. The van der Waals surface area contributed by atoms with Crippen LogP contribution in [0.5, 0.6) is 0 Å². The summed E-state index contributed by atoms with van der Waals surface area (Å²) in [6.07, 6.45) is 0. The maximum Gasteiger partial charge on any atom is 0.103 e. The number of nitrogens with zero attached hydrogens (tertiary/aromatic N) is 1. The van der Waals surface area contributed by atoms with E-state index in [0.29, 0.717) is 17.7 Å². The van der Waals surface area contributed by atoms with Crippen LogP contribution in [-0.4, -0.2) is 10.2 Å². The molecule has 0 radical (unpaired) electrons. The van der Waals surface area contributed by atoms with Gasteiger partial charge in [0.2, 0.25) is 0 Å². The summed E-state index contributed by atoms with van der Waals surface area (Å²) >= 11 is 3.71. The Bertz CT molecular complexity index is 306. The molecule has 1 aromatic heterocycles. The molecule has 86 valence electrons. The highest BCUT2D eigenvalue weighted by Crippen LogP contribution is 2.28. The summed E-state index contributed by atoms with van der Waals surface area (Å²) in [6, 6.07) is 0. The Morgan fingerprint density at radius 2 is 2.00 bits per heavy atom. The zero-order valence-corrected chi connectivity index (χ0v) is 11.5. The van der Waals surface area contributed by atoms with Crippen LogP contribution in [0, 0.1) is 0 Å². The Morgan fingerprint density at radius 3 is 2.40 bits per heavy atom. The van der Waals surface area contributed by atoms with Crippen LogP contribution in [-0.2, 0) is 12.3 Å². The average Bonchev–Trinajstić information content (AvgIpc) is 2.57. The van der Waals surface area contributed by atoms with Gasteiger partial charge in [0, 0.05) is 17.2 Å². The Labute approximate surface area is 101 Å². The lowest BCUT2D eigenvalue weighted by molar-refractivity contribution is 0.808. The van der Waals surface area contributed by atoms with Crippen molar-refractivity contribution in [2.45, 2.75) is 51.2 Å². The molecule has 0 unspecified atom stereocenters. The number of thiazole rings is 1. The molecule has 0 aliphatic rings. The van der Waals surface area contributed by atoms with Crippen molar-refractivity contribution >= 4 is 23.1 Å². The zero-order chi connectivity index (χ0) is 11.4. The summed E-state index contributed by atoms with van der Waals surface area (Å²) < 4.78 is 0. The van der Waals surface area contributed by atoms with Gasteiger partial charge in [-0.1, -0.05) is 27.7 Å². The van der Waals surface area contributed by atoms with Gasteiger partial charge in [0.05, 0.1) is 5.69 Å². The van der Waals surface area contributed by atoms with Gasteiger partial charge in [-0.25, -0.2) is 4.98 Å². The lowest BCUT2D eigenvalue weighted by atomic mass is 10.1. The zero-order valence-electron chi connectivity index (χ0n) is 9.91. The van der Waals surface area contributed by atoms with Crippen LogP contribution in [0.3, 0.4) is 0 Å². The molecule has 0 saturated heterocycles. The first-order valence-electron chi connectivity index (χ1n) is 5.34. The van der Waals surface area contributed by atoms with Crippen molar-refractivity contribution in [1.82, 2.24) is 4.98 Å². The number of thioether (sulfide) groups is 1. The van der Waals surface area contributed by atoms with E-state index in [1.165, 1.54) is 15.6 Å². The van der Waals surface area contributed by atoms with Crippen molar-refractivity contribution in [3.8, 4) is 0 Å². The number of nitrogens with two attached hydrogens (primary N) is 1. The summed E-state index contributed by atoms with van der Waals surface area (Å²) in [6.45, 7) is 9.40. The van der Waals surface area contributed by atoms with E-state index < -0.39 is 0 Å². The van der Waals surface area contributed by atoms with Gasteiger partial charge in [-0.15, -0.1) is 11.3 Å². The van der Waals surface area contributed by atoms with E-state index in [-0.39, 0.29) is 0 Å². The van der Waals surface area contributed by atoms with Crippen LogP contribution >= 0.6 is 23.1 Å². The van der Waals surface area contributed by atoms with Crippen LogP contribution in [0.2, 0.25) is 0 Å². The summed E-state index contributed by atoms with van der Waals surface area (Å²) in [4.78, 5) is 5.92. The van der Waals surface area contributed by atoms with Gasteiger partial charge >= 0.3 is 0 Å². The van der Waals surface area contributed by atoms with Gasteiger partial charge < -0.3 is 5.73 Å². The first-order chi connectivity index (χ1) is 7.04. The van der Waals surface area contributed by atoms with Gasteiger partial charge in [-0.05, 0) is 11.2 Å². The van der Waals surface area contributed by atoms with E-state index in [2.05, 4.69) is 32.7 Å². The van der Waals surface area contributed by atoms with Crippen molar-refractivity contribution in [2.24, 2.45) is 5.73 Å². The van der Waals surface area contributed by atoms with Crippen LogP contribution in [0.1, 0.15) is 49.2 Å².